The van der Waals surface area contributed by atoms with E-state index in [1.807, 2.05) is 6.92 Å². The standard InChI is InChI=1S/C12H22N2O4/c1-7(2)10(11(15)16)14-12(17)13-9-4-5-18-8(3)6-9/h7-10H,4-6H2,1-3H3,(H,15,16)(H2,13,14,17). The van der Waals surface area contributed by atoms with Crippen LogP contribution in [0.15, 0.2) is 0 Å². The second-order valence-corrected chi connectivity index (χ2v) is 5.08. The summed E-state index contributed by atoms with van der Waals surface area (Å²) in [6.45, 7) is 6.10. The Bertz CT molecular complexity index is 306. The van der Waals surface area contributed by atoms with Crippen molar-refractivity contribution in [1.82, 2.24) is 10.6 Å². The zero-order valence-corrected chi connectivity index (χ0v) is 11.1. The van der Waals surface area contributed by atoms with Crippen LogP contribution in [0.4, 0.5) is 4.79 Å². The van der Waals surface area contributed by atoms with Gasteiger partial charge in [-0.05, 0) is 25.7 Å². The predicted octanol–water partition coefficient (Wildman–Crippen LogP) is 0.962. The van der Waals surface area contributed by atoms with Crippen LogP contribution in [0, 0.1) is 5.92 Å². The maximum atomic E-state index is 11.7. The van der Waals surface area contributed by atoms with Crippen LogP contribution in [-0.4, -0.2) is 41.9 Å². The second-order valence-electron chi connectivity index (χ2n) is 5.08. The monoisotopic (exact) mass is 258 g/mol. The van der Waals surface area contributed by atoms with Crippen LogP contribution in [-0.2, 0) is 9.53 Å². The number of hydrogen-bond donors (Lipinski definition) is 3. The molecule has 6 nitrogen and oxygen atoms in total. The molecule has 0 aromatic heterocycles. The lowest BCUT2D eigenvalue weighted by Gasteiger charge is -2.28. The summed E-state index contributed by atoms with van der Waals surface area (Å²) in [4.78, 5) is 22.7. The molecule has 0 aromatic rings. The first kappa shape index (κ1) is 14.8. The molecule has 1 saturated heterocycles. The number of amides is 2. The van der Waals surface area contributed by atoms with Gasteiger partial charge in [-0.15, -0.1) is 0 Å². The van der Waals surface area contributed by atoms with Gasteiger partial charge in [0.25, 0.3) is 0 Å². The highest BCUT2D eigenvalue weighted by Crippen LogP contribution is 2.13. The Morgan fingerprint density at radius 2 is 2.06 bits per heavy atom. The van der Waals surface area contributed by atoms with Gasteiger partial charge >= 0.3 is 12.0 Å². The summed E-state index contributed by atoms with van der Waals surface area (Å²) >= 11 is 0. The summed E-state index contributed by atoms with van der Waals surface area (Å²) < 4.78 is 5.38. The molecular weight excluding hydrogens is 236 g/mol. The van der Waals surface area contributed by atoms with Crippen LogP contribution < -0.4 is 10.6 Å². The lowest BCUT2D eigenvalue weighted by atomic mass is 10.0. The zero-order valence-electron chi connectivity index (χ0n) is 11.1. The van der Waals surface area contributed by atoms with Gasteiger partial charge < -0.3 is 20.5 Å². The number of ether oxygens (including phenoxy) is 1. The topological polar surface area (TPSA) is 87.7 Å². The minimum atomic E-state index is -1.01. The molecule has 1 aliphatic heterocycles. The van der Waals surface area contributed by atoms with E-state index in [-0.39, 0.29) is 18.1 Å². The van der Waals surface area contributed by atoms with Crippen molar-refractivity contribution in [1.29, 1.82) is 0 Å². The Morgan fingerprint density at radius 3 is 2.56 bits per heavy atom. The smallest absolute Gasteiger partial charge is 0.326 e. The fraction of sp³-hybridized carbons (Fsp3) is 0.833. The van der Waals surface area contributed by atoms with Gasteiger partial charge in [-0.25, -0.2) is 9.59 Å². The van der Waals surface area contributed by atoms with E-state index in [4.69, 9.17) is 9.84 Å². The first-order chi connectivity index (χ1) is 8.40. The lowest BCUT2D eigenvalue weighted by Crippen LogP contribution is -2.52. The summed E-state index contributed by atoms with van der Waals surface area (Å²) in [5.41, 5.74) is 0. The van der Waals surface area contributed by atoms with Crippen LogP contribution in [0.1, 0.15) is 33.6 Å². The van der Waals surface area contributed by atoms with Crippen molar-refractivity contribution in [3.63, 3.8) is 0 Å². The van der Waals surface area contributed by atoms with Crippen molar-refractivity contribution in [3.05, 3.63) is 0 Å². The van der Waals surface area contributed by atoms with Gasteiger partial charge in [0.2, 0.25) is 0 Å². The van der Waals surface area contributed by atoms with Crippen molar-refractivity contribution < 1.29 is 19.4 Å². The van der Waals surface area contributed by atoms with Crippen molar-refractivity contribution in [2.45, 2.75) is 51.8 Å². The number of aliphatic carboxylic acids is 1. The van der Waals surface area contributed by atoms with Gasteiger partial charge in [0.1, 0.15) is 6.04 Å². The van der Waals surface area contributed by atoms with E-state index >= 15 is 0 Å². The van der Waals surface area contributed by atoms with Crippen LogP contribution in [0.2, 0.25) is 0 Å². The zero-order chi connectivity index (χ0) is 13.7. The van der Waals surface area contributed by atoms with Crippen molar-refractivity contribution >= 4 is 12.0 Å². The Labute approximate surface area is 107 Å². The van der Waals surface area contributed by atoms with E-state index in [1.54, 1.807) is 13.8 Å². The maximum Gasteiger partial charge on any atom is 0.326 e. The second kappa shape index (κ2) is 6.58. The van der Waals surface area contributed by atoms with Gasteiger partial charge in [-0.3, -0.25) is 0 Å². The molecular formula is C12H22N2O4. The normalized spacial score (nSPS) is 25.6. The molecule has 3 atom stereocenters. The third-order valence-corrected chi connectivity index (χ3v) is 3.04. The lowest BCUT2D eigenvalue weighted by molar-refractivity contribution is -0.140. The van der Waals surface area contributed by atoms with E-state index in [0.29, 0.717) is 6.61 Å². The third kappa shape index (κ3) is 4.52. The molecule has 104 valence electrons. The summed E-state index contributed by atoms with van der Waals surface area (Å²) in [5.74, 6) is -1.16. The average molecular weight is 258 g/mol. The Morgan fingerprint density at radius 1 is 1.39 bits per heavy atom. The van der Waals surface area contributed by atoms with Gasteiger partial charge in [-0.1, -0.05) is 13.8 Å². The molecule has 1 fully saturated rings. The Hall–Kier alpha value is -1.30. The number of urea groups is 1. The van der Waals surface area contributed by atoms with Gasteiger partial charge in [0.15, 0.2) is 0 Å². The Kier molecular flexibility index (Phi) is 5.40. The first-order valence-corrected chi connectivity index (χ1v) is 6.31. The minimum absolute atomic E-state index is 0.0513. The minimum Gasteiger partial charge on any atom is -0.480 e. The molecule has 3 N–H and O–H groups in total. The fourth-order valence-electron chi connectivity index (χ4n) is 2.01. The number of rotatable bonds is 4. The maximum absolute atomic E-state index is 11.7. The van der Waals surface area contributed by atoms with E-state index in [1.165, 1.54) is 0 Å². The van der Waals surface area contributed by atoms with Gasteiger partial charge in [-0.2, -0.15) is 0 Å². The summed E-state index contributed by atoms with van der Waals surface area (Å²) in [6, 6.07) is -1.23. The van der Waals surface area contributed by atoms with Crippen LogP contribution in [0.3, 0.4) is 0 Å². The third-order valence-electron chi connectivity index (χ3n) is 3.04. The molecule has 0 bridgehead atoms. The molecule has 18 heavy (non-hydrogen) atoms. The molecule has 3 unspecified atom stereocenters. The highest BCUT2D eigenvalue weighted by atomic mass is 16.5. The highest BCUT2D eigenvalue weighted by molar-refractivity contribution is 5.82. The largest absolute Gasteiger partial charge is 0.480 e. The van der Waals surface area contributed by atoms with Crippen LogP contribution in [0.5, 0.6) is 0 Å². The van der Waals surface area contributed by atoms with Crippen LogP contribution >= 0.6 is 0 Å². The van der Waals surface area contributed by atoms with E-state index in [2.05, 4.69) is 10.6 Å². The summed E-state index contributed by atoms with van der Waals surface area (Å²) in [5, 5.41) is 14.3. The van der Waals surface area contributed by atoms with E-state index in [0.717, 1.165) is 12.8 Å². The number of carbonyl (C=O) groups excluding carboxylic acids is 1. The number of carboxylic acid groups (broad SMARTS) is 1. The molecule has 0 aliphatic carbocycles. The summed E-state index contributed by atoms with van der Waals surface area (Å²) in [7, 11) is 0. The number of nitrogens with one attached hydrogen (secondary N) is 2. The number of carbonyl (C=O) groups is 2. The molecule has 1 aliphatic rings. The molecule has 0 spiro atoms. The molecule has 6 heteroatoms. The van der Waals surface area contributed by atoms with E-state index in [9.17, 15) is 9.59 Å². The van der Waals surface area contributed by atoms with Crippen molar-refractivity contribution in [2.75, 3.05) is 6.61 Å². The van der Waals surface area contributed by atoms with Gasteiger partial charge in [0.05, 0.1) is 6.10 Å². The molecule has 0 aromatic carbocycles. The van der Waals surface area contributed by atoms with Crippen molar-refractivity contribution in [3.8, 4) is 0 Å². The van der Waals surface area contributed by atoms with Crippen molar-refractivity contribution in [2.24, 2.45) is 5.92 Å². The number of hydrogen-bond acceptors (Lipinski definition) is 3. The van der Waals surface area contributed by atoms with Gasteiger partial charge in [0, 0.05) is 12.6 Å². The first-order valence-electron chi connectivity index (χ1n) is 6.31. The number of carboxylic acids is 1. The summed E-state index contributed by atoms with van der Waals surface area (Å²) in [6.07, 6.45) is 1.65. The molecule has 0 saturated carbocycles. The fourth-order valence-corrected chi connectivity index (χ4v) is 2.01. The molecule has 2 amide bonds. The SMILES string of the molecule is CC1CC(NC(=O)NC(C(=O)O)C(C)C)CCO1. The highest BCUT2D eigenvalue weighted by Gasteiger charge is 2.26. The average Bonchev–Trinajstić information content (AvgIpc) is 2.25. The predicted molar refractivity (Wildman–Crippen MR) is 66.4 cm³/mol. The molecule has 1 heterocycles. The Balaban J connectivity index is 2.42. The molecule has 0 radical (unpaired) electrons. The van der Waals surface area contributed by atoms with E-state index < -0.39 is 18.0 Å². The quantitative estimate of drug-likeness (QED) is 0.701. The molecule has 1 rings (SSSR count). The van der Waals surface area contributed by atoms with Crippen LogP contribution in [0.25, 0.3) is 0 Å².